The Kier molecular flexibility index (Phi) is 6.31. The molecular formula is C10H12AlO2. The lowest BCUT2D eigenvalue weighted by Gasteiger charge is -2.01. The molecule has 1 aromatic carbocycles. The number of hydrogen-bond acceptors (Lipinski definition) is 2. The predicted molar refractivity (Wildman–Crippen MR) is 52.7 cm³/mol. The molecule has 1 aromatic rings. The van der Waals surface area contributed by atoms with Crippen LogP contribution >= 0.6 is 0 Å². The van der Waals surface area contributed by atoms with E-state index in [4.69, 9.17) is 4.74 Å². The van der Waals surface area contributed by atoms with Gasteiger partial charge in [-0.1, -0.05) is 25.1 Å². The van der Waals surface area contributed by atoms with E-state index in [0.29, 0.717) is 12.2 Å². The summed E-state index contributed by atoms with van der Waals surface area (Å²) in [4.78, 5) is 11.0. The topological polar surface area (TPSA) is 26.3 Å². The first-order valence-electron chi connectivity index (χ1n) is 4.08. The predicted octanol–water partition coefficient (Wildman–Crippen LogP) is 2.01. The van der Waals surface area contributed by atoms with Crippen LogP contribution in [0.4, 0.5) is 0 Å². The van der Waals surface area contributed by atoms with Crippen molar-refractivity contribution in [3.05, 3.63) is 30.3 Å². The Morgan fingerprint density at radius 1 is 1.31 bits per heavy atom. The number of rotatable bonds is 3. The maximum absolute atomic E-state index is 11.0. The maximum atomic E-state index is 11.0. The Morgan fingerprint density at radius 3 is 2.46 bits per heavy atom. The standard InChI is InChI=1S/C10H12O2.Al/c1-2-6-10(11)12-9-7-4-3-5-8-9;/h3-5,7-8H,2,6H2,1H3;. The molecule has 0 aromatic heterocycles. The fourth-order valence-electron chi connectivity index (χ4n) is 0.875. The molecule has 0 amide bonds. The van der Waals surface area contributed by atoms with Gasteiger partial charge in [0.25, 0.3) is 0 Å². The molecule has 0 aliphatic heterocycles. The van der Waals surface area contributed by atoms with Gasteiger partial charge in [0.05, 0.1) is 0 Å². The van der Waals surface area contributed by atoms with Crippen molar-refractivity contribution in [1.29, 1.82) is 0 Å². The highest BCUT2D eigenvalue weighted by molar-refractivity contribution is 5.75. The van der Waals surface area contributed by atoms with E-state index in [1.54, 1.807) is 12.1 Å². The number of carbonyl (C=O) groups excluding carboxylic acids is 1. The number of esters is 1. The van der Waals surface area contributed by atoms with Crippen molar-refractivity contribution >= 4 is 23.3 Å². The summed E-state index contributed by atoms with van der Waals surface area (Å²) in [6, 6.07) is 9.11. The molecule has 0 spiro atoms. The zero-order valence-corrected chi connectivity index (χ0v) is 8.85. The van der Waals surface area contributed by atoms with Gasteiger partial charge in [-0.3, -0.25) is 4.79 Å². The van der Waals surface area contributed by atoms with E-state index in [1.165, 1.54) is 0 Å². The summed E-state index contributed by atoms with van der Waals surface area (Å²) in [5.41, 5.74) is 0. The first-order chi connectivity index (χ1) is 5.83. The lowest BCUT2D eigenvalue weighted by atomic mass is 10.3. The van der Waals surface area contributed by atoms with E-state index in [1.807, 2.05) is 25.1 Å². The Hall–Kier alpha value is -0.778. The summed E-state index contributed by atoms with van der Waals surface area (Å²) in [5.74, 6) is 0.458. The highest BCUT2D eigenvalue weighted by atomic mass is 27.0. The van der Waals surface area contributed by atoms with Crippen molar-refractivity contribution in [1.82, 2.24) is 0 Å². The Balaban J connectivity index is 0.00000144. The molecule has 2 nitrogen and oxygen atoms in total. The van der Waals surface area contributed by atoms with Gasteiger partial charge in [-0.2, -0.15) is 0 Å². The quantitative estimate of drug-likeness (QED) is 0.415. The molecule has 3 heteroatoms. The summed E-state index contributed by atoms with van der Waals surface area (Å²) in [5, 5.41) is 0. The van der Waals surface area contributed by atoms with Crippen molar-refractivity contribution in [2.24, 2.45) is 0 Å². The minimum Gasteiger partial charge on any atom is -0.427 e. The third-order valence-corrected chi connectivity index (χ3v) is 1.43. The first-order valence-corrected chi connectivity index (χ1v) is 4.08. The summed E-state index contributed by atoms with van der Waals surface area (Å²) in [6.45, 7) is 1.95. The average Bonchev–Trinajstić information content (AvgIpc) is 2.06. The summed E-state index contributed by atoms with van der Waals surface area (Å²) in [7, 11) is 0. The second-order valence-electron chi connectivity index (χ2n) is 2.54. The van der Waals surface area contributed by atoms with Crippen molar-refractivity contribution in [3.63, 3.8) is 0 Å². The molecule has 3 radical (unpaired) electrons. The number of para-hydroxylation sites is 1. The van der Waals surface area contributed by atoms with Crippen molar-refractivity contribution < 1.29 is 9.53 Å². The molecule has 0 saturated heterocycles. The smallest absolute Gasteiger partial charge is 0.311 e. The van der Waals surface area contributed by atoms with Gasteiger partial charge in [-0.25, -0.2) is 0 Å². The second kappa shape index (κ2) is 6.71. The van der Waals surface area contributed by atoms with Gasteiger partial charge in [0.2, 0.25) is 0 Å². The van der Waals surface area contributed by atoms with Gasteiger partial charge in [0.1, 0.15) is 5.75 Å². The van der Waals surface area contributed by atoms with Gasteiger partial charge >= 0.3 is 5.97 Å². The lowest BCUT2D eigenvalue weighted by molar-refractivity contribution is -0.134. The molecule has 0 unspecified atom stereocenters. The van der Waals surface area contributed by atoms with Crippen LogP contribution < -0.4 is 4.74 Å². The van der Waals surface area contributed by atoms with E-state index in [2.05, 4.69) is 0 Å². The molecule has 0 saturated carbocycles. The molecule has 0 bridgehead atoms. The molecule has 1 rings (SSSR count). The highest BCUT2D eigenvalue weighted by Gasteiger charge is 2.00. The maximum Gasteiger partial charge on any atom is 0.311 e. The van der Waals surface area contributed by atoms with E-state index < -0.39 is 0 Å². The fraction of sp³-hybridized carbons (Fsp3) is 0.300. The summed E-state index contributed by atoms with van der Waals surface area (Å²) >= 11 is 0. The van der Waals surface area contributed by atoms with E-state index in [9.17, 15) is 4.79 Å². The zero-order chi connectivity index (χ0) is 8.81. The Bertz CT molecular complexity index is 246. The Morgan fingerprint density at radius 2 is 1.92 bits per heavy atom. The van der Waals surface area contributed by atoms with Gasteiger partial charge in [-0.05, 0) is 18.6 Å². The molecular weight excluding hydrogens is 179 g/mol. The van der Waals surface area contributed by atoms with Crippen LogP contribution in [0.25, 0.3) is 0 Å². The first kappa shape index (κ1) is 12.2. The summed E-state index contributed by atoms with van der Waals surface area (Å²) in [6.07, 6.45) is 1.31. The molecule has 13 heavy (non-hydrogen) atoms. The minimum atomic E-state index is -0.163. The number of carbonyl (C=O) groups is 1. The lowest BCUT2D eigenvalue weighted by Crippen LogP contribution is -2.06. The van der Waals surface area contributed by atoms with Gasteiger partial charge in [0.15, 0.2) is 0 Å². The van der Waals surface area contributed by atoms with Gasteiger partial charge in [-0.15, -0.1) is 0 Å². The zero-order valence-electron chi connectivity index (χ0n) is 7.69. The van der Waals surface area contributed by atoms with Crippen LogP contribution in [0.1, 0.15) is 19.8 Å². The molecule has 0 heterocycles. The second-order valence-corrected chi connectivity index (χ2v) is 2.54. The van der Waals surface area contributed by atoms with E-state index >= 15 is 0 Å². The highest BCUT2D eigenvalue weighted by Crippen LogP contribution is 2.09. The van der Waals surface area contributed by atoms with Crippen LogP contribution in [-0.4, -0.2) is 23.3 Å². The average molecular weight is 191 g/mol. The molecule has 0 fully saturated rings. The third-order valence-electron chi connectivity index (χ3n) is 1.43. The SMILES string of the molecule is CCCC(=O)Oc1ccccc1.[Al]. The summed E-state index contributed by atoms with van der Waals surface area (Å²) < 4.78 is 5.02. The number of ether oxygens (including phenoxy) is 1. The molecule has 0 atom stereocenters. The number of hydrogen-bond donors (Lipinski definition) is 0. The number of benzene rings is 1. The van der Waals surface area contributed by atoms with Crippen LogP contribution in [0.2, 0.25) is 0 Å². The van der Waals surface area contributed by atoms with E-state index in [0.717, 1.165) is 6.42 Å². The normalized spacial score (nSPS) is 8.69. The monoisotopic (exact) mass is 191 g/mol. The molecule has 67 valence electrons. The van der Waals surface area contributed by atoms with E-state index in [-0.39, 0.29) is 23.3 Å². The van der Waals surface area contributed by atoms with Crippen LogP contribution in [0.3, 0.4) is 0 Å². The largest absolute Gasteiger partial charge is 0.427 e. The molecule has 0 aliphatic carbocycles. The van der Waals surface area contributed by atoms with Crippen LogP contribution in [-0.2, 0) is 4.79 Å². The van der Waals surface area contributed by atoms with Crippen molar-refractivity contribution in [3.8, 4) is 5.75 Å². The Labute approximate surface area is 89.0 Å². The minimum absolute atomic E-state index is 0. The van der Waals surface area contributed by atoms with Crippen LogP contribution in [0.5, 0.6) is 5.75 Å². The third kappa shape index (κ3) is 4.72. The molecule has 0 aliphatic rings. The fourth-order valence-corrected chi connectivity index (χ4v) is 0.875. The van der Waals surface area contributed by atoms with Crippen LogP contribution in [0, 0.1) is 0 Å². The van der Waals surface area contributed by atoms with Crippen molar-refractivity contribution in [2.45, 2.75) is 19.8 Å². The van der Waals surface area contributed by atoms with Crippen LogP contribution in [0.15, 0.2) is 30.3 Å². The van der Waals surface area contributed by atoms with Gasteiger partial charge < -0.3 is 4.74 Å². The van der Waals surface area contributed by atoms with Crippen molar-refractivity contribution in [2.75, 3.05) is 0 Å². The molecule has 0 N–H and O–H groups in total. The van der Waals surface area contributed by atoms with Gasteiger partial charge in [0, 0.05) is 23.8 Å².